The Bertz CT molecular complexity index is 194. The van der Waals surface area contributed by atoms with E-state index in [1.807, 2.05) is 13.8 Å². The van der Waals surface area contributed by atoms with E-state index < -0.39 is 30.3 Å². The Kier molecular flexibility index (Phi) is 4.48. The lowest BCUT2D eigenvalue weighted by Gasteiger charge is -2.43. The molecule has 5 heteroatoms. The van der Waals surface area contributed by atoms with E-state index in [-0.39, 0.29) is 19.1 Å². The highest BCUT2D eigenvalue weighted by Gasteiger charge is 2.44. The average molecular weight is 220 g/mol. The van der Waals surface area contributed by atoms with E-state index in [9.17, 15) is 10.2 Å². The second-order valence-corrected chi connectivity index (χ2v) is 4.39. The number of hydrogen-bond acceptors (Lipinski definition) is 5. The number of aliphatic hydroxyl groups excluding tert-OH is 4. The normalized spacial score (nSPS) is 42.2. The highest BCUT2D eigenvalue weighted by molar-refractivity contribution is 4.92. The van der Waals surface area contributed by atoms with E-state index in [1.54, 1.807) is 0 Å². The van der Waals surface area contributed by atoms with E-state index >= 15 is 0 Å². The maximum atomic E-state index is 9.86. The first-order chi connectivity index (χ1) is 7.02. The number of aliphatic hydroxyl groups is 4. The SMILES string of the molecule is CC(C)[C@@H]1OC(CO)[C@@H](O)[C@H](CO)C1O. The molecule has 0 aliphatic carbocycles. The van der Waals surface area contributed by atoms with Gasteiger partial charge in [0.25, 0.3) is 0 Å². The number of rotatable bonds is 3. The first kappa shape index (κ1) is 12.9. The minimum Gasteiger partial charge on any atom is -0.396 e. The molecule has 2 unspecified atom stereocenters. The third-order valence-electron chi connectivity index (χ3n) is 2.97. The average Bonchev–Trinajstić information content (AvgIpc) is 2.18. The topological polar surface area (TPSA) is 90.2 Å². The van der Waals surface area contributed by atoms with Crippen LogP contribution < -0.4 is 0 Å². The first-order valence-electron chi connectivity index (χ1n) is 5.26. The van der Waals surface area contributed by atoms with Crippen LogP contribution in [-0.2, 0) is 4.74 Å². The van der Waals surface area contributed by atoms with E-state index in [0.717, 1.165) is 0 Å². The summed E-state index contributed by atoms with van der Waals surface area (Å²) in [6.07, 6.45) is -3.10. The van der Waals surface area contributed by atoms with Gasteiger partial charge in [-0.05, 0) is 5.92 Å². The molecule has 90 valence electrons. The lowest BCUT2D eigenvalue weighted by molar-refractivity contribution is -0.225. The van der Waals surface area contributed by atoms with E-state index in [4.69, 9.17) is 14.9 Å². The Morgan fingerprint density at radius 3 is 2.07 bits per heavy atom. The Morgan fingerprint density at radius 2 is 1.67 bits per heavy atom. The molecule has 5 atom stereocenters. The molecule has 1 aliphatic heterocycles. The summed E-state index contributed by atoms with van der Waals surface area (Å²) in [5.74, 6) is -0.584. The summed E-state index contributed by atoms with van der Waals surface area (Å²) in [6, 6.07) is 0. The fraction of sp³-hybridized carbons (Fsp3) is 1.00. The molecular formula is C10H20O5. The van der Waals surface area contributed by atoms with E-state index in [2.05, 4.69) is 0 Å². The van der Waals surface area contributed by atoms with Crippen LogP contribution in [0.15, 0.2) is 0 Å². The summed E-state index contributed by atoms with van der Waals surface area (Å²) in [5, 5.41) is 37.6. The molecule has 0 aromatic rings. The van der Waals surface area contributed by atoms with Crippen molar-refractivity contribution < 1.29 is 25.2 Å². The van der Waals surface area contributed by atoms with Crippen LogP contribution in [-0.4, -0.2) is 58.1 Å². The number of hydrogen-bond donors (Lipinski definition) is 4. The summed E-state index contributed by atoms with van der Waals surface area (Å²) < 4.78 is 5.39. The molecule has 1 fully saturated rings. The molecule has 0 saturated carbocycles. The Hall–Kier alpha value is -0.200. The van der Waals surface area contributed by atoms with Crippen LogP contribution in [0.4, 0.5) is 0 Å². The second-order valence-electron chi connectivity index (χ2n) is 4.39. The van der Waals surface area contributed by atoms with Crippen LogP contribution in [0.5, 0.6) is 0 Å². The molecule has 0 aromatic heterocycles. The van der Waals surface area contributed by atoms with Crippen molar-refractivity contribution in [2.75, 3.05) is 13.2 Å². The predicted octanol–water partition coefficient (Wildman–Crippen LogP) is -1.27. The van der Waals surface area contributed by atoms with Gasteiger partial charge in [0.1, 0.15) is 6.10 Å². The molecule has 1 saturated heterocycles. The molecule has 1 aliphatic rings. The van der Waals surface area contributed by atoms with Gasteiger partial charge in [-0.1, -0.05) is 13.8 Å². The van der Waals surface area contributed by atoms with Crippen molar-refractivity contribution in [3.63, 3.8) is 0 Å². The van der Waals surface area contributed by atoms with Gasteiger partial charge in [0.15, 0.2) is 0 Å². The minimum atomic E-state index is -1.02. The third-order valence-corrected chi connectivity index (χ3v) is 2.97. The molecule has 15 heavy (non-hydrogen) atoms. The van der Waals surface area contributed by atoms with Crippen molar-refractivity contribution in [1.82, 2.24) is 0 Å². The van der Waals surface area contributed by atoms with Crippen LogP contribution >= 0.6 is 0 Å². The molecule has 1 heterocycles. The van der Waals surface area contributed by atoms with Gasteiger partial charge in [0.2, 0.25) is 0 Å². The van der Waals surface area contributed by atoms with Crippen molar-refractivity contribution >= 4 is 0 Å². The van der Waals surface area contributed by atoms with Gasteiger partial charge in [-0.2, -0.15) is 0 Å². The second kappa shape index (κ2) is 5.23. The lowest BCUT2D eigenvalue weighted by atomic mass is 9.83. The van der Waals surface area contributed by atoms with Crippen molar-refractivity contribution in [2.45, 2.75) is 38.3 Å². The standard InChI is InChI=1S/C10H20O5/c1-5(2)10-9(14)6(3-11)8(13)7(4-12)15-10/h5-14H,3-4H2,1-2H3/t6-,7?,8-,9?,10-/m0/s1. The summed E-state index contributed by atoms with van der Waals surface area (Å²) in [5.41, 5.74) is 0. The molecule has 0 aromatic carbocycles. The molecule has 0 bridgehead atoms. The highest BCUT2D eigenvalue weighted by atomic mass is 16.5. The fourth-order valence-corrected chi connectivity index (χ4v) is 2.00. The summed E-state index contributed by atoms with van der Waals surface area (Å²) in [4.78, 5) is 0. The van der Waals surface area contributed by atoms with Crippen molar-refractivity contribution in [3.05, 3.63) is 0 Å². The van der Waals surface area contributed by atoms with Gasteiger partial charge >= 0.3 is 0 Å². The predicted molar refractivity (Wildman–Crippen MR) is 53.2 cm³/mol. The Balaban J connectivity index is 2.79. The van der Waals surface area contributed by atoms with Gasteiger partial charge in [-0.3, -0.25) is 0 Å². The third kappa shape index (κ3) is 2.49. The van der Waals surface area contributed by atoms with Gasteiger partial charge in [-0.15, -0.1) is 0 Å². The lowest BCUT2D eigenvalue weighted by Crippen LogP contribution is -2.57. The minimum absolute atomic E-state index is 0.0654. The van der Waals surface area contributed by atoms with E-state index in [1.165, 1.54) is 0 Å². The maximum absolute atomic E-state index is 9.86. The zero-order valence-electron chi connectivity index (χ0n) is 9.08. The molecule has 0 radical (unpaired) electrons. The quantitative estimate of drug-likeness (QED) is 0.476. The van der Waals surface area contributed by atoms with Crippen LogP contribution in [0.3, 0.4) is 0 Å². The highest BCUT2D eigenvalue weighted by Crippen LogP contribution is 2.29. The Labute approximate surface area is 89.3 Å². The van der Waals surface area contributed by atoms with Crippen molar-refractivity contribution in [1.29, 1.82) is 0 Å². The van der Waals surface area contributed by atoms with Gasteiger partial charge in [0, 0.05) is 5.92 Å². The molecule has 0 spiro atoms. The molecule has 4 N–H and O–H groups in total. The van der Waals surface area contributed by atoms with Crippen LogP contribution in [0.2, 0.25) is 0 Å². The molecular weight excluding hydrogens is 200 g/mol. The van der Waals surface area contributed by atoms with Crippen LogP contribution in [0, 0.1) is 11.8 Å². The van der Waals surface area contributed by atoms with Crippen LogP contribution in [0.1, 0.15) is 13.8 Å². The monoisotopic (exact) mass is 220 g/mol. The van der Waals surface area contributed by atoms with Gasteiger partial charge in [0.05, 0.1) is 31.5 Å². The fourth-order valence-electron chi connectivity index (χ4n) is 2.00. The van der Waals surface area contributed by atoms with E-state index in [0.29, 0.717) is 0 Å². The smallest absolute Gasteiger partial charge is 0.107 e. The van der Waals surface area contributed by atoms with Crippen molar-refractivity contribution in [3.8, 4) is 0 Å². The summed E-state index contributed by atoms with van der Waals surface area (Å²) >= 11 is 0. The summed E-state index contributed by atoms with van der Waals surface area (Å²) in [7, 11) is 0. The van der Waals surface area contributed by atoms with Crippen molar-refractivity contribution in [2.24, 2.45) is 11.8 Å². The molecule has 0 amide bonds. The zero-order chi connectivity index (χ0) is 11.6. The molecule has 5 nitrogen and oxygen atoms in total. The zero-order valence-corrected chi connectivity index (χ0v) is 9.08. The Morgan fingerprint density at radius 1 is 1.07 bits per heavy atom. The van der Waals surface area contributed by atoms with Crippen LogP contribution in [0.25, 0.3) is 0 Å². The maximum Gasteiger partial charge on any atom is 0.107 e. The van der Waals surface area contributed by atoms with Gasteiger partial charge < -0.3 is 25.2 Å². The van der Waals surface area contributed by atoms with Gasteiger partial charge in [-0.25, -0.2) is 0 Å². The summed E-state index contributed by atoms with van der Waals surface area (Å²) in [6.45, 7) is 3.14. The number of ether oxygens (including phenoxy) is 1. The largest absolute Gasteiger partial charge is 0.396 e. The molecule has 1 rings (SSSR count). The first-order valence-corrected chi connectivity index (χ1v) is 5.26.